The first-order valence-corrected chi connectivity index (χ1v) is 13.8. The van der Waals surface area contributed by atoms with Crippen molar-refractivity contribution in [2.45, 2.75) is 39.7 Å². The molecule has 1 aliphatic rings. The molecule has 198 valence electrons. The van der Waals surface area contributed by atoms with Crippen LogP contribution in [-0.2, 0) is 9.53 Å². The van der Waals surface area contributed by atoms with Gasteiger partial charge < -0.3 is 9.47 Å². The molecule has 0 saturated heterocycles. The van der Waals surface area contributed by atoms with E-state index in [-0.39, 0.29) is 12.2 Å². The summed E-state index contributed by atoms with van der Waals surface area (Å²) in [6, 6.07) is 24.6. The van der Waals surface area contributed by atoms with Crippen LogP contribution in [0, 0.1) is 0 Å². The average Bonchev–Trinajstić information content (AvgIpc) is 3.22. The highest BCUT2D eigenvalue weighted by Crippen LogP contribution is 2.31. The van der Waals surface area contributed by atoms with Gasteiger partial charge in [-0.15, -0.1) is 0 Å². The molecule has 0 radical (unpaired) electrons. The lowest BCUT2D eigenvalue weighted by atomic mass is 9.93. The summed E-state index contributed by atoms with van der Waals surface area (Å²) in [7, 11) is 0. The average molecular weight is 539 g/mol. The number of esters is 1. The first kappa shape index (κ1) is 26.4. The minimum atomic E-state index is -0.628. The van der Waals surface area contributed by atoms with Gasteiger partial charge in [-0.3, -0.25) is 9.36 Å². The third kappa shape index (κ3) is 5.49. The largest absolute Gasteiger partial charge is 0.463 e. The lowest BCUT2D eigenvalue weighted by molar-refractivity contribution is -0.139. The molecule has 1 atom stereocenters. The van der Waals surface area contributed by atoms with Gasteiger partial charge in [0.1, 0.15) is 11.5 Å². The molecule has 0 aliphatic carbocycles. The number of hydrogen-bond acceptors (Lipinski definition) is 6. The predicted molar refractivity (Wildman–Crippen MR) is 154 cm³/mol. The number of hydrogen-bond donors (Lipinski definition) is 0. The van der Waals surface area contributed by atoms with Gasteiger partial charge in [0.2, 0.25) is 0 Å². The minimum absolute atomic E-state index is 0.208. The molecular weight excluding hydrogens is 508 g/mol. The molecule has 0 amide bonds. The highest BCUT2D eigenvalue weighted by molar-refractivity contribution is 7.07. The van der Waals surface area contributed by atoms with E-state index in [2.05, 4.69) is 18.8 Å². The van der Waals surface area contributed by atoms with Crippen molar-refractivity contribution in [3.8, 4) is 11.5 Å². The van der Waals surface area contributed by atoms with Gasteiger partial charge in [0.15, 0.2) is 4.80 Å². The zero-order chi connectivity index (χ0) is 27.5. The summed E-state index contributed by atoms with van der Waals surface area (Å²) in [4.78, 5) is 32.2. The zero-order valence-electron chi connectivity index (χ0n) is 22.4. The molecule has 0 saturated carbocycles. The van der Waals surface area contributed by atoms with E-state index in [0.717, 1.165) is 16.9 Å². The first-order chi connectivity index (χ1) is 18.9. The third-order valence-electron chi connectivity index (χ3n) is 6.57. The van der Waals surface area contributed by atoms with Crippen molar-refractivity contribution in [3.05, 3.63) is 127 Å². The van der Waals surface area contributed by atoms with Crippen molar-refractivity contribution in [1.82, 2.24) is 4.57 Å². The van der Waals surface area contributed by atoms with Gasteiger partial charge in [-0.2, -0.15) is 0 Å². The summed E-state index contributed by atoms with van der Waals surface area (Å²) >= 11 is 1.31. The Balaban J connectivity index is 1.61. The monoisotopic (exact) mass is 538 g/mol. The second-order valence-corrected chi connectivity index (χ2v) is 10.6. The molecule has 4 aromatic rings. The number of para-hydroxylation sites is 1. The highest BCUT2D eigenvalue weighted by atomic mass is 32.1. The molecule has 39 heavy (non-hydrogen) atoms. The molecule has 0 bridgehead atoms. The number of rotatable bonds is 7. The minimum Gasteiger partial charge on any atom is -0.463 e. The standard InChI is InChI=1S/C32H30N2O4S/c1-5-37-31(36)28-21(4)33-32-34(29(28)24-16-14-23(15-17-24)20(2)3)30(35)27(39-32)19-22-10-9-13-26(18-22)38-25-11-7-6-8-12-25/h6-20,29H,5H2,1-4H3/b27-19+/t29-/m1/s1. The number of aromatic nitrogens is 1. The van der Waals surface area contributed by atoms with Gasteiger partial charge >= 0.3 is 5.97 Å². The van der Waals surface area contributed by atoms with E-state index in [1.54, 1.807) is 18.4 Å². The number of fused-ring (bicyclic) bond motifs is 1. The Labute approximate surface area is 231 Å². The number of ether oxygens (including phenoxy) is 2. The second kappa shape index (κ2) is 11.3. The Bertz CT molecular complexity index is 1710. The lowest BCUT2D eigenvalue weighted by Gasteiger charge is -2.25. The maximum atomic E-state index is 13.9. The summed E-state index contributed by atoms with van der Waals surface area (Å²) in [6.45, 7) is 8.06. The second-order valence-electron chi connectivity index (χ2n) is 9.61. The topological polar surface area (TPSA) is 69.9 Å². The summed E-state index contributed by atoms with van der Waals surface area (Å²) in [6.07, 6.45) is 1.84. The van der Waals surface area contributed by atoms with Crippen LogP contribution in [0.25, 0.3) is 6.08 Å². The number of benzene rings is 3. The number of nitrogens with zero attached hydrogens (tertiary/aromatic N) is 2. The summed E-state index contributed by atoms with van der Waals surface area (Å²) in [5.41, 5.74) is 3.57. The van der Waals surface area contributed by atoms with Gasteiger partial charge in [-0.05, 0) is 66.8 Å². The van der Waals surface area contributed by atoms with Crippen LogP contribution >= 0.6 is 11.3 Å². The number of carbonyl (C=O) groups is 1. The molecule has 1 aliphatic heterocycles. The van der Waals surface area contributed by atoms with Crippen LogP contribution in [0.4, 0.5) is 0 Å². The Morgan fingerprint density at radius 2 is 1.74 bits per heavy atom. The van der Waals surface area contributed by atoms with Crippen molar-refractivity contribution in [2.24, 2.45) is 4.99 Å². The van der Waals surface area contributed by atoms with E-state index in [9.17, 15) is 9.59 Å². The van der Waals surface area contributed by atoms with Gasteiger partial charge in [0, 0.05) is 0 Å². The third-order valence-corrected chi connectivity index (χ3v) is 7.55. The van der Waals surface area contributed by atoms with Crippen LogP contribution in [0.15, 0.2) is 99.9 Å². The van der Waals surface area contributed by atoms with Crippen molar-refractivity contribution in [2.75, 3.05) is 6.61 Å². The van der Waals surface area contributed by atoms with Crippen LogP contribution in [0.5, 0.6) is 11.5 Å². The van der Waals surface area contributed by atoms with Gasteiger partial charge in [0.05, 0.1) is 28.5 Å². The predicted octanol–water partition coefficient (Wildman–Crippen LogP) is 5.71. The fraction of sp³-hybridized carbons (Fsp3) is 0.219. The normalized spacial score (nSPS) is 15.2. The number of thiazole rings is 1. The van der Waals surface area contributed by atoms with E-state index >= 15 is 0 Å². The van der Waals surface area contributed by atoms with Crippen LogP contribution in [-0.4, -0.2) is 17.1 Å². The molecule has 7 heteroatoms. The van der Waals surface area contributed by atoms with Crippen LogP contribution in [0.2, 0.25) is 0 Å². The van der Waals surface area contributed by atoms with Gasteiger partial charge in [-0.25, -0.2) is 9.79 Å². The van der Waals surface area contributed by atoms with Crippen LogP contribution in [0.1, 0.15) is 56.3 Å². The Hall–Kier alpha value is -4.23. The number of allylic oxidation sites excluding steroid dienone is 1. The molecule has 5 rings (SSSR count). The van der Waals surface area contributed by atoms with Crippen LogP contribution < -0.4 is 19.6 Å². The van der Waals surface area contributed by atoms with E-state index in [1.165, 1.54) is 16.9 Å². The van der Waals surface area contributed by atoms with E-state index in [4.69, 9.17) is 9.47 Å². The first-order valence-electron chi connectivity index (χ1n) is 13.0. The van der Waals surface area contributed by atoms with Crippen LogP contribution in [0.3, 0.4) is 0 Å². The van der Waals surface area contributed by atoms with Crippen molar-refractivity contribution in [3.63, 3.8) is 0 Å². The molecule has 0 unspecified atom stereocenters. The Kier molecular flexibility index (Phi) is 7.61. The van der Waals surface area contributed by atoms with Crippen molar-refractivity contribution >= 4 is 23.4 Å². The molecule has 6 nitrogen and oxygen atoms in total. The molecule has 1 aromatic heterocycles. The summed E-state index contributed by atoms with van der Waals surface area (Å²) < 4.78 is 13.5. The molecule has 3 aromatic carbocycles. The maximum absolute atomic E-state index is 13.9. The Morgan fingerprint density at radius 3 is 2.44 bits per heavy atom. The zero-order valence-corrected chi connectivity index (χ0v) is 23.2. The molecule has 2 heterocycles. The highest BCUT2D eigenvalue weighted by Gasteiger charge is 2.33. The number of carbonyl (C=O) groups excluding carboxylic acids is 1. The van der Waals surface area contributed by atoms with E-state index < -0.39 is 12.0 Å². The quantitative estimate of drug-likeness (QED) is 0.283. The SMILES string of the molecule is CCOC(=O)C1=C(C)N=c2s/c(=C/c3cccc(Oc4ccccc4)c3)c(=O)n2[C@@H]1c1ccc(C(C)C)cc1. The fourth-order valence-corrected chi connectivity index (χ4v) is 5.66. The fourth-order valence-electron chi connectivity index (χ4n) is 4.61. The summed E-state index contributed by atoms with van der Waals surface area (Å²) in [5.74, 6) is 1.31. The maximum Gasteiger partial charge on any atom is 0.338 e. The van der Waals surface area contributed by atoms with E-state index in [1.807, 2.05) is 84.9 Å². The molecule has 0 fully saturated rings. The molecule has 0 spiro atoms. The molecular formula is C32H30N2O4S. The smallest absolute Gasteiger partial charge is 0.338 e. The lowest BCUT2D eigenvalue weighted by Crippen LogP contribution is -2.39. The van der Waals surface area contributed by atoms with Crippen molar-refractivity contribution in [1.29, 1.82) is 0 Å². The Morgan fingerprint density at radius 1 is 1.03 bits per heavy atom. The summed E-state index contributed by atoms with van der Waals surface area (Å²) in [5, 5.41) is 0. The van der Waals surface area contributed by atoms with Gasteiger partial charge in [-0.1, -0.05) is 79.8 Å². The molecule has 0 N–H and O–H groups in total. The van der Waals surface area contributed by atoms with E-state index in [0.29, 0.717) is 32.3 Å². The van der Waals surface area contributed by atoms with Gasteiger partial charge in [0.25, 0.3) is 5.56 Å². The van der Waals surface area contributed by atoms with Crippen molar-refractivity contribution < 1.29 is 14.3 Å².